The van der Waals surface area contributed by atoms with E-state index in [4.69, 9.17) is 27.9 Å². The van der Waals surface area contributed by atoms with Gasteiger partial charge >= 0.3 is 0 Å². The van der Waals surface area contributed by atoms with Gasteiger partial charge < -0.3 is 4.74 Å². The monoisotopic (exact) mass is 272 g/mol. The van der Waals surface area contributed by atoms with Crippen LogP contribution in [-0.2, 0) is 4.74 Å². The third-order valence-electron chi connectivity index (χ3n) is 3.04. The van der Waals surface area contributed by atoms with E-state index in [-0.39, 0.29) is 5.78 Å². The maximum atomic E-state index is 12.1. The van der Waals surface area contributed by atoms with Crippen LogP contribution in [0, 0.1) is 5.92 Å². The Morgan fingerprint density at radius 2 is 2.00 bits per heavy atom. The van der Waals surface area contributed by atoms with Crippen molar-refractivity contribution >= 4 is 29.0 Å². The third kappa shape index (κ3) is 3.44. The minimum atomic E-state index is 0.0735. The molecule has 0 atom stereocenters. The molecule has 1 aromatic carbocycles. The summed E-state index contributed by atoms with van der Waals surface area (Å²) in [4.78, 5) is 12.1. The van der Waals surface area contributed by atoms with Crippen LogP contribution in [0.4, 0.5) is 0 Å². The van der Waals surface area contributed by atoms with Crippen molar-refractivity contribution in [2.45, 2.75) is 19.3 Å². The first-order valence-electron chi connectivity index (χ1n) is 5.73. The molecule has 0 aliphatic carbocycles. The van der Waals surface area contributed by atoms with Crippen molar-refractivity contribution in [2.75, 3.05) is 13.2 Å². The van der Waals surface area contributed by atoms with Crippen LogP contribution in [0.2, 0.25) is 10.0 Å². The highest BCUT2D eigenvalue weighted by Gasteiger charge is 2.19. The Kier molecular flexibility index (Phi) is 4.43. The molecule has 0 N–H and O–H groups in total. The van der Waals surface area contributed by atoms with E-state index in [1.807, 2.05) is 0 Å². The van der Waals surface area contributed by atoms with Crippen molar-refractivity contribution in [3.05, 3.63) is 33.8 Å². The summed E-state index contributed by atoms with van der Waals surface area (Å²) in [7, 11) is 0. The first-order chi connectivity index (χ1) is 8.16. The number of Topliss-reactive ketones (excluding diaryl/α,β-unsaturated/α-hetero) is 1. The Bertz CT molecular complexity index is 412. The Labute approximate surface area is 111 Å². The molecular weight excluding hydrogens is 259 g/mol. The van der Waals surface area contributed by atoms with E-state index in [0.717, 1.165) is 26.1 Å². The highest BCUT2D eigenvalue weighted by Crippen LogP contribution is 2.26. The van der Waals surface area contributed by atoms with Crippen LogP contribution < -0.4 is 0 Å². The second-order valence-electron chi connectivity index (χ2n) is 4.31. The van der Waals surface area contributed by atoms with Crippen LogP contribution in [0.15, 0.2) is 18.2 Å². The lowest BCUT2D eigenvalue weighted by molar-refractivity contribution is 0.0601. The van der Waals surface area contributed by atoms with Crippen molar-refractivity contribution in [1.82, 2.24) is 0 Å². The fourth-order valence-corrected chi connectivity index (χ4v) is 2.43. The van der Waals surface area contributed by atoms with Crippen LogP contribution in [0.5, 0.6) is 0 Å². The van der Waals surface area contributed by atoms with Crippen LogP contribution in [0.1, 0.15) is 29.6 Å². The maximum Gasteiger partial charge on any atom is 0.164 e. The largest absolute Gasteiger partial charge is 0.381 e. The minimum absolute atomic E-state index is 0.0735. The van der Waals surface area contributed by atoms with E-state index >= 15 is 0 Å². The number of hydrogen-bond acceptors (Lipinski definition) is 2. The van der Waals surface area contributed by atoms with Gasteiger partial charge in [0.2, 0.25) is 0 Å². The maximum absolute atomic E-state index is 12.1. The van der Waals surface area contributed by atoms with Gasteiger partial charge in [-0.3, -0.25) is 4.79 Å². The van der Waals surface area contributed by atoms with Gasteiger partial charge in [0.15, 0.2) is 5.78 Å². The Morgan fingerprint density at radius 3 is 2.71 bits per heavy atom. The molecule has 0 spiro atoms. The van der Waals surface area contributed by atoms with Gasteiger partial charge in [-0.05, 0) is 37.0 Å². The first-order valence-corrected chi connectivity index (χ1v) is 6.48. The zero-order valence-corrected chi connectivity index (χ0v) is 10.9. The molecule has 0 saturated carbocycles. The molecule has 0 bridgehead atoms. The smallest absolute Gasteiger partial charge is 0.164 e. The van der Waals surface area contributed by atoms with E-state index in [9.17, 15) is 4.79 Å². The van der Waals surface area contributed by atoms with E-state index in [1.165, 1.54) is 0 Å². The molecule has 0 unspecified atom stereocenters. The molecule has 1 saturated heterocycles. The Morgan fingerprint density at radius 1 is 1.29 bits per heavy atom. The molecule has 1 heterocycles. The number of hydrogen-bond donors (Lipinski definition) is 0. The molecule has 17 heavy (non-hydrogen) atoms. The zero-order valence-electron chi connectivity index (χ0n) is 9.42. The molecule has 2 nitrogen and oxygen atoms in total. The highest BCUT2D eigenvalue weighted by molar-refractivity contribution is 6.35. The topological polar surface area (TPSA) is 26.3 Å². The minimum Gasteiger partial charge on any atom is -0.381 e. The van der Waals surface area contributed by atoms with E-state index in [1.54, 1.807) is 18.2 Å². The van der Waals surface area contributed by atoms with Gasteiger partial charge in [0.25, 0.3) is 0 Å². The van der Waals surface area contributed by atoms with Crippen molar-refractivity contribution in [2.24, 2.45) is 5.92 Å². The lowest BCUT2D eigenvalue weighted by atomic mass is 9.92. The van der Waals surface area contributed by atoms with Gasteiger partial charge in [0, 0.05) is 30.2 Å². The number of carbonyl (C=O) groups excluding carboxylic acids is 1. The van der Waals surface area contributed by atoms with Crippen LogP contribution >= 0.6 is 23.2 Å². The first kappa shape index (κ1) is 12.9. The summed E-state index contributed by atoms with van der Waals surface area (Å²) in [6.45, 7) is 1.50. The second-order valence-corrected chi connectivity index (χ2v) is 5.15. The number of benzene rings is 1. The number of ketones is 1. The summed E-state index contributed by atoms with van der Waals surface area (Å²) < 4.78 is 5.27. The molecule has 2 rings (SSSR count). The lowest BCUT2D eigenvalue weighted by Crippen LogP contribution is -2.18. The molecule has 92 valence electrons. The zero-order chi connectivity index (χ0) is 12.3. The fraction of sp³-hybridized carbons (Fsp3) is 0.462. The van der Waals surface area contributed by atoms with Gasteiger partial charge in [-0.15, -0.1) is 0 Å². The Hall–Kier alpha value is -0.570. The quantitative estimate of drug-likeness (QED) is 0.778. The van der Waals surface area contributed by atoms with Crippen molar-refractivity contribution in [1.29, 1.82) is 0 Å². The van der Waals surface area contributed by atoms with Crippen LogP contribution in [0.25, 0.3) is 0 Å². The number of halogens is 2. The summed E-state index contributed by atoms with van der Waals surface area (Å²) in [5, 5.41) is 1.02. The number of carbonyl (C=O) groups is 1. The Balaban J connectivity index is 2.05. The molecule has 1 aromatic rings. The van der Waals surface area contributed by atoms with Gasteiger partial charge in [-0.2, -0.15) is 0 Å². The van der Waals surface area contributed by atoms with Crippen molar-refractivity contribution in [3.63, 3.8) is 0 Å². The molecular formula is C13H14Cl2O2. The molecule has 0 aromatic heterocycles. The predicted octanol–water partition coefficient (Wildman–Crippen LogP) is 3.99. The van der Waals surface area contributed by atoms with Gasteiger partial charge in [0.05, 0.1) is 5.02 Å². The molecule has 0 radical (unpaired) electrons. The van der Waals surface area contributed by atoms with Crippen molar-refractivity contribution in [3.8, 4) is 0 Å². The van der Waals surface area contributed by atoms with E-state index < -0.39 is 0 Å². The number of rotatable bonds is 3. The second kappa shape index (κ2) is 5.85. The molecule has 1 aliphatic rings. The number of ether oxygens (including phenoxy) is 1. The van der Waals surface area contributed by atoms with E-state index in [2.05, 4.69) is 0 Å². The molecule has 0 amide bonds. The van der Waals surface area contributed by atoms with Gasteiger partial charge in [-0.25, -0.2) is 0 Å². The van der Waals surface area contributed by atoms with Gasteiger partial charge in [0.1, 0.15) is 0 Å². The van der Waals surface area contributed by atoms with Gasteiger partial charge in [-0.1, -0.05) is 23.2 Å². The third-order valence-corrected chi connectivity index (χ3v) is 3.61. The SMILES string of the molecule is O=C(CC1CCOCC1)c1cc(Cl)ccc1Cl. The molecule has 1 aliphatic heterocycles. The van der Waals surface area contributed by atoms with Crippen LogP contribution in [0.3, 0.4) is 0 Å². The van der Waals surface area contributed by atoms with Crippen LogP contribution in [-0.4, -0.2) is 19.0 Å². The highest BCUT2D eigenvalue weighted by atomic mass is 35.5. The predicted molar refractivity (Wildman–Crippen MR) is 69.0 cm³/mol. The summed E-state index contributed by atoms with van der Waals surface area (Å²) in [5.41, 5.74) is 0.533. The summed E-state index contributed by atoms with van der Waals surface area (Å²) in [5.74, 6) is 0.482. The average molecular weight is 273 g/mol. The summed E-state index contributed by atoms with van der Waals surface area (Å²) in [6.07, 6.45) is 2.43. The molecule has 1 fully saturated rings. The fourth-order valence-electron chi connectivity index (χ4n) is 2.03. The average Bonchev–Trinajstić information content (AvgIpc) is 2.33. The van der Waals surface area contributed by atoms with Crippen molar-refractivity contribution < 1.29 is 9.53 Å². The summed E-state index contributed by atoms with van der Waals surface area (Å²) >= 11 is 11.9. The normalized spacial score (nSPS) is 17.1. The summed E-state index contributed by atoms with van der Waals surface area (Å²) in [6, 6.07) is 5.00. The standard InChI is InChI=1S/C13H14Cl2O2/c14-10-1-2-12(15)11(8-10)13(16)7-9-3-5-17-6-4-9/h1-2,8-9H,3-7H2. The molecule has 4 heteroatoms. The lowest BCUT2D eigenvalue weighted by Gasteiger charge is -2.21. The van der Waals surface area contributed by atoms with E-state index in [0.29, 0.717) is 27.9 Å².